The predicted molar refractivity (Wildman–Crippen MR) is 140 cm³/mol. The average molecular weight is 511 g/mol. The lowest BCUT2D eigenvalue weighted by atomic mass is 9.90. The van der Waals surface area contributed by atoms with E-state index in [-0.39, 0.29) is 40.8 Å². The first kappa shape index (κ1) is 24.7. The predicted octanol–water partition coefficient (Wildman–Crippen LogP) is 4.24. The van der Waals surface area contributed by atoms with Crippen molar-refractivity contribution in [2.45, 2.75) is 70.0 Å². The van der Waals surface area contributed by atoms with Crippen LogP contribution in [0.3, 0.4) is 0 Å². The maximum absolute atomic E-state index is 14.1. The Balaban J connectivity index is 1.40. The zero-order valence-corrected chi connectivity index (χ0v) is 21.2. The van der Waals surface area contributed by atoms with Gasteiger partial charge in [-0.1, -0.05) is 19.1 Å². The van der Waals surface area contributed by atoms with Crippen molar-refractivity contribution in [3.05, 3.63) is 74.3 Å². The van der Waals surface area contributed by atoms with E-state index in [1.807, 2.05) is 36.0 Å². The minimum Gasteiger partial charge on any atom is -0.349 e. The van der Waals surface area contributed by atoms with Gasteiger partial charge in [0.15, 0.2) is 0 Å². The molecule has 9 heteroatoms. The van der Waals surface area contributed by atoms with Gasteiger partial charge in [0, 0.05) is 23.7 Å². The number of carbonyl (C=O) groups excluding carboxylic acids is 1. The minimum atomic E-state index is -0.589. The second-order valence-electron chi connectivity index (χ2n) is 9.73. The average Bonchev–Trinajstić information content (AvgIpc) is 2.91. The monoisotopic (exact) mass is 510 g/mol. The normalized spacial score (nSPS) is 20.9. The molecule has 1 saturated heterocycles. The van der Waals surface area contributed by atoms with E-state index in [0.29, 0.717) is 31.2 Å². The van der Waals surface area contributed by atoms with E-state index < -0.39 is 11.4 Å². The molecule has 2 aromatic heterocycles. The molecule has 0 bridgehead atoms. The minimum absolute atomic E-state index is 0.0214. The number of nitrogens with one attached hydrogen (secondary N) is 1. The Morgan fingerprint density at radius 3 is 2.50 bits per heavy atom. The third kappa shape index (κ3) is 4.85. The molecule has 1 N–H and O–H groups in total. The Hall–Kier alpha value is -2.94. The molecular formula is C27H31FN4O3S. The number of aryl methyl sites for hydroxylation is 1. The molecule has 1 amide bonds. The molecule has 1 aliphatic heterocycles. The van der Waals surface area contributed by atoms with Crippen molar-refractivity contribution in [2.24, 2.45) is 0 Å². The Kier molecular flexibility index (Phi) is 7.27. The lowest BCUT2D eigenvalue weighted by molar-refractivity contribution is 0.0921. The van der Waals surface area contributed by atoms with Gasteiger partial charge in [0.2, 0.25) is 0 Å². The van der Waals surface area contributed by atoms with Gasteiger partial charge < -0.3 is 5.32 Å². The highest BCUT2D eigenvalue weighted by atomic mass is 32.2. The molecule has 0 atom stereocenters. The van der Waals surface area contributed by atoms with E-state index in [4.69, 9.17) is 0 Å². The number of hydrogen-bond donors (Lipinski definition) is 1. The Morgan fingerprint density at radius 1 is 1.06 bits per heavy atom. The molecule has 2 aliphatic rings. The highest BCUT2D eigenvalue weighted by Gasteiger charge is 2.29. The summed E-state index contributed by atoms with van der Waals surface area (Å²) in [5.74, 6) is 1.18. The van der Waals surface area contributed by atoms with E-state index in [9.17, 15) is 18.8 Å². The fourth-order valence-electron chi connectivity index (χ4n) is 5.48. The van der Waals surface area contributed by atoms with Crippen LogP contribution in [-0.2, 0) is 6.42 Å². The molecule has 0 radical (unpaired) electrons. The molecule has 1 aromatic carbocycles. The molecule has 190 valence electrons. The number of nitrogens with zero attached hydrogens (tertiary/aromatic N) is 3. The maximum atomic E-state index is 14.1. The zero-order chi connectivity index (χ0) is 25.2. The summed E-state index contributed by atoms with van der Waals surface area (Å²) in [6.07, 6.45) is 6.06. The zero-order valence-electron chi connectivity index (χ0n) is 20.4. The van der Waals surface area contributed by atoms with Gasteiger partial charge in [0.25, 0.3) is 11.5 Å². The standard InChI is InChI=1S/C27H31FN4O3S/c1-2-17-4-3-5-18(14-17)25(33)30-20-6-8-21(9-7-20)32-26(34)23-15-19(28)16-29-24(23)31(27(32)35)22-10-12-36-13-11-22/h3-5,14-16,20-22H,2,6-13H2,1H3,(H,30,33). The molecule has 5 rings (SSSR count). The third-order valence-corrected chi connectivity index (χ3v) is 8.52. The quantitative estimate of drug-likeness (QED) is 0.555. The number of hydrogen-bond acceptors (Lipinski definition) is 5. The Labute approximate surface area is 213 Å². The van der Waals surface area contributed by atoms with Gasteiger partial charge in [0.1, 0.15) is 11.5 Å². The van der Waals surface area contributed by atoms with Crippen LogP contribution in [-0.4, -0.2) is 37.6 Å². The van der Waals surface area contributed by atoms with Gasteiger partial charge in [-0.2, -0.15) is 11.8 Å². The van der Waals surface area contributed by atoms with Crippen LogP contribution in [0.2, 0.25) is 0 Å². The molecule has 36 heavy (non-hydrogen) atoms. The van der Waals surface area contributed by atoms with Crippen LogP contribution in [0.1, 0.15) is 73.5 Å². The lowest BCUT2D eigenvalue weighted by Gasteiger charge is -2.31. The number of benzene rings is 1. The highest BCUT2D eigenvalue weighted by molar-refractivity contribution is 7.99. The van der Waals surface area contributed by atoms with Gasteiger partial charge in [-0.05, 0) is 80.2 Å². The van der Waals surface area contributed by atoms with Gasteiger partial charge in [-0.3, -0.25) is 18.7 Å². The highest BCUT2D eigenvalue weighted by Crippen LogP contribution is 2.30. The van der Waals surface area contributed by atoms with E-state index in [1.165, 1.54) is 10.6 Å². The number of thioether (sulfide) groups is 1. The van der Waals surface area contributed by atoms with E-state index in [0.717, 1.165) is 42.5 Å². The Morgan fingerprint density at radius 2 is 1.78 bits per heavy atom. The second kappa shape index (κ2) is 10.6. The van der Waals surface area contributed by atoms with Crippen molar-refractivity contribution in [3.63, 3.8) is 0 Å². The molecule has 3 heterocycles. The lowest BCUT2D eigenvalue weighted by Crippen LogP contribution is -2.46. The second-order valence-corrected chi connectivity index (χ2v) is 11.0. The van der Waals surface area contributed by atoms with E-state index in [2.05, 4.69) is 17.2 Å². The fraction of sp³-hybridized carbons (Fsp3) is 0.481. The molecule has 7 nitrogen and oxygen atoms in total. The summed E-state index contributed by atoms with van der Waals surface area (Å²) in [4.78, 5) is 44.1. The van der Waals surface area contributed by atoms with Gasteiger partial charge in [-0.25, -0.2) is 14.2 Å². The first-order valence-corrected chi connectivity index (χ1v) is 13.9. The van der Waals surface area contributed by atoms with Crippen molar-refractivity contribution < 1.29 is 9.18 Å². The molecule has 0 spiro atoms. The molecule has 0 unspecified atom stereocenters. The first-order valence-electron chi connectivity index (χ1n) is 12.8. The smallest absolute Gasteiger partial charge is 0.333 e. The van der Waals surface area contributed by atoms with Gasteiger partial charge >= 0.3 is 5.69 Å². The molecule has 1 aliphatic carbocycles. The van der Waals surface area contributed by atoms with E-state index >= 15 is 0 Å². The maximum Gasteiger partial charge on any atom is 0.333 e. The number of fused-ring (bicyclic) bond motifs is 1. The van der Waals surface area contributed by atoms with E-state index in [1.54, 1.807) is 4.57 Å². The molecule has 3 aromatic rings. The third-order valence-electron chi connectivity index (χ3n) is 7.47. The summed E-state index contributed by atoms with van der Waals surface area (Å²) in [7, 11) is 0. The number of pyridine rings is 1. The largest absolute Gasteiger partial charge is 0.349 e. The van der Waals surface area contributed by atoms with Crippen LogP contribution in [0.5, 0.6) is 0 Å². The van der Waals surface area contributed by atoms with Crippen LogP contribution in [0.25, 0.3) is 11.0 Å². The molecule has 1 saturated carbocycles. The summed E-state index contributed by atoms with van der Waals surface area (Å²) < 4.78 is 17.0. The van der Waals surface area contributed by atoms with Gasteiger partial charge in [-0.15, -0.1) is 0 Å². The number of amides is 1. The Bertz CT molecular complexity index is 1390. The number of aromatic nitrogens is 3. The number of halogens is 1. The summed E-state index contributed by atoms with van der Waals surface area (Å²) in [5.41, 5.74) is 1.19. The number of carbonyl (C=O) groups is 1. The topological polar surface area (TPSA) is 86.0 Å². The van der Waals surface area contributed by atoms with Crippen LogP contribution in [0, 0.1) is 5.82 Å². The summed E-state index contributed by atoms with van der Waals surface area (Å²) >= 11 is 1.85. The van der Waals surface area contributed by atoms with Crippen LogP contribution in [0.15, 0.2) is 46.1 Å². The van der Waals surface area contributed by atoms with Crippen LogP contribution < -0.4 is 16.6 Å². The first-order chi connectivity index (χ1) is 17.5. The molecule has 2 fully saturated rings. The molecular weight excluding hydrogens is 479 g/mol. The van der Waals surface area contributed by atoms with Crippen molar-refractivity contribution in [1.29, 1.82) is 0 Å². The fourth-order valence-corrected chi connectivity index (χ4v) is 6.56. The van der Waals surface area contributed by atoms with Crippen LogP contribution in [0.4, 0.5) is 4.39 Å². The summed E-state index contributed by atoms with van der Waals surface area (Å²) in [6.45, 7) is 2.05. The van der Waals surface area contributed by atoms with Crippen LogP contribution >= 0.6 is 11.8 Å². The summed E-state index contributed by atoms with van der Waals surface area (Å²) in [6, 6.07) is 8.45. The van der Waals surface area contributed by atoms with Gasteiger partial charge in [0.05, 0.1) is 11.6 Å². The van der Waals surface area contributed by atoms with Crippen molar-refractivity contribution >= 4 is 28.7 Å². The SMILES string of the molecule is CCc1cccc(C(=O)NC2CCC(n3c(=O)c4cc(F)cnc4n(C4CCSCC4)c3=O)CC2)c1. The summed E-state index contributed by atoms with van der Waals surface area (Å²) in [5, 5.41) is 3.27. The van der Waals surface area contributed by atoms with Crippen molar-refractivity contribution in [1.82, 2.24) is 19.4 Å². The number of rotatable bonds is 5. The van der Waals surface area contributed by atoms with Crippen molar-refractivity contribution in [2.75, 3.05) is 11.5 Å². The van der Waals surface area contributed by atoms with Crippen molar-refractivity contribution in [3.8, 4) is 0 Å².